The molecule has 1 aromatic heterocycles. The Kier molecular flexibility index (Phi) is 4.61. The van der Waals surface area contributed by atoms with Crippen molar-refractivity contribution in [3.8, 4) is 5.75 Å². The highest BCUT2D eigenvalue weighted by Gasteiger charge is 2.31. The van der Waals surface area contributed by atoms with Crippen LogP contribution in [0, 0.1) is 0 Å². The van der Waals surface area contributed by atoms with Crippen molar-refractivity contribution >= 4 is 11.3 Å². The number of ether oxygens (including phenoxy) is 1. The zero-order valence-electron chi connectivity index (χ0n) is 10.6. The van der Waals surface area contributed by atoms with E-state index < -0.39 is 6.36 Å². The van der Waals surface area contributed by atoms with Gasteiger partial charge in [0.2, 0.25) is 0 Å². The van der Waals surface area contributed by atoms with Gasteiger partial charge in [-0.05, 0) is 24.2 Å². The van der Waals surface area contributed by atoms with Gasteiger partial charge in [0.15, 0.2) is 0 Å². The Balaban J connectivity index is 2.27. The van der Waals surface area contributed by atoms with Crippen molar-refractivity contribution in [1.29, 1.82) is 0 Å². The molecule has 0 saturated heterocycles. The van der Waals surface area contributed by atoms with E-state index in [2.05, 4.69) is 15.0 Å². The molecular weight excluding hydrogens is 289 g/mol. The number of hydrogen-bond acceptors (Lipinski definition) is 4. The number of thiazole rings is 1. The molecule has 7 heteroatoms. The van der Waals surface area contributed by atoms with Crippen LogP contribution in [0.3, 0.4) is 0 Å². The van der Waals surface area contributed by atoms with Crippen LogP contribution in [0.1, 0.15) is 23.4 Å². The second-order valence-electron chi connectivity index (χ2n) is 4.01. The molecule has 1 N–H and O–H groups in total. The molecule has 0 spiro atoms. The second-order valence-corrected chi connectivity index (χ2v) is 4.93. The first kappa shape index (κ1) is 14.8. The van der Waals surface area contributed by atoms with Crippen LogP contribution in [-0.2, 0) is 0 Å². The molecule has 1 aromatic carbocycles. The lowest BCUT2D eigenvalue weighted by Crippen LogP contribution is -2.21. The fraction of sp³-hybridized carbons (Fsp3) is 0.308. The lowest BCUT2D eigenvalue weighted by molar-refractivity contribution is -0.274. The van der Waals surface area contributed by atoms with E-state index in [9.17, 15) is 13.2 Å². The Morgan fingerprint density at radius 3 is 2.80 bits per heavy atom. The molecule has 0 aliphatic carbocycles. The number of nitrogens with one attached hydrogen (secondary N) is 1. The first-order chi connectivity index (χ1) is 9.49. The molecular formula is C13H13F3N2OS. The number of hydrogen-bond donors (Lipinski definition) is 1. The van der Waals surface area contributed by atoms with Crippen molar-refractivity contribution in [3.63, 3.8) is 0 Å². The van der Waals surface area contributed by atoms with Crippen molar-refractivity contribution in [2.24, 2.45) is 0 Å². The smallest absolute Gasteiger partial charge is 0.406 e. The maximum absolute atomic E-state index is 12.2. The van der Waals surface area contributed by atoms with Crippen LogP contribution in [0.15, 0.2) is 36.0 Å². The molecule has 0 bridgehead atoms. The molecule has 0 radical (unpaired) electrons. The molecule has 0 aliphatic rings. The molecule has 2 aromatic rings. The van der Waals surface area contributed by atoms with Crippen LogP contribution in [0.2, 0.25) is 0 Å². The summed E-state index contributed by atoms with van der Waals surface area (Å²) in [6.45, 7) is 2.62. The molecule has 1 unspecified atom stereocenters. The third-order valence-corrected chi connectivity index (χ3v) is 3.41. The number of rotatable bonds is 5. The Labute approximate surface area is 118 Å². The number of aromatic nitrogens is 1. The summed E-state index contributed by atoms with van der Waals surface area (Å²) in [7, 11) is 0. The quantitative estimate of drug-likeness (QED) is 0.913. The fourth-order valence-electron chi connectivity index (χ4n) is 1.85. The van der Waals surface area contributed by atoms with Gasteiger partial charge < -0.3 is 10.1 Å². The SMILES string of the molecule is CCNC(c1cccc(OC(F)(F)F)c1)c1cncs1. The number of nitrogens with zero attached hydrogens (tertiary/aromatic N) is 1. The molecule has 108 valence electrons. The second kappa shape index (κ2) is 6.23. The van der Waals surface area contributed by atoms with Crippen molar-refractivity contribution in [2.45, 2.75) is 19.3 Å². The van der Waals surface area contributed by atoms with Gasteiger partial charge >= 0.3 is 6.36 Å². The molecule has 3 nitrogen and oxygen atoms in total. The van der Waals surface area contributed by atoms with Gasteiger partial charge in [0.1, 0.15) is 5.75 Å². The molecule has 0 fully saturated rings. The Morgan fingerprint density at radius 1 is 1.40 bits per heavy atom. The topological polar surface area (TPSA) is 34.1 Å². The maximum atomic E-state index is 12.2. The van der Waals surface area contributed by atoms with E-state index in [0.717, 1.165) is 4.88 Å². The molecule has 0 saturated carbocycles. The van der Waals surface area contributed by atoms with Crippen molar-refractivity contribution in [3.05, 3.63) is 46.4 Å². The van der Waals surface area contributed by atoms with Crippen molar-refractivity contribution in [2.75, 3.05) is 6.54 Å². The van der Waals surface area contributed by atoms with Crippen LogP contribution in [0.25, 0.3) is 0 Å². The summed E-state index contributed by atoms with van der Waals surface area (Å²) in [4.78, 5) is 4.94. The monoisotopic (exact) mass is 302 g/mol. The minimum atomic E-state index is -4.68. The van der Waals surface area contributed by atoms with Crippen LogP contribution >= 0.6 is 11.3 Å². The summed E-state index contributed by atoms with van der Waals surface area (Å²) < 4.78 is 40.7. The Morgan fingerprint density at radius 2 is 2.20 bits per heavy atom. The summed E-state index contributed by atoms with van der Waals surface area (Å²) in [6, 6.07) is 5.79. The summed E-state index contributed by atoms with van der Waals surface area (Å²) in [6.07, 6.45) is -2.98. The lowest BCUT2D eigenvalue weighted by Gasteiger charge is -2.17. The highest BCUT2D eigenvalue weighted by Crippen LogP contribution is 2.29. The summed E-state index contributed by atoms with van der Waals surface area (Å²) in [5.74, 6) is -0.220. The average molecular weight is 302 g/mol. The van der Waals surface area contributed by atoms with E-state index in [0.29, 0.717) is 12.1 Å². The van der Waals surface area contributed by atoms with E-state index >= 15 is 0 Å². The van der Waals surface area contributed by atoms with Crippen LogP contribution in [0.5, 0.6) is 5.75 Å². The lowest BCUT2D eigenvalue weighted by atomic mass is 10.1. The first-order valence-corrected chi connectivity index (χ1v) is 6.85. The maximum Gasteiger partial charge on any atom is 0.573 e. The molecule has 1 heterocycles. The standard InChI is InChI=1S/C13H13F3N2OS/c1-2-18-12(11-7-17-8-20-11)9-4-3-5-10(6-9)19-13(14,15)16/h3-8,12,18H,2H2,1H3. The van der Waals surface area contributed by atoms with E-state index in [1.165, 1.54) is 23.5 Å². The van der Waals surface area contributed by atoms with Gasteiger partial charge in [0.25, 0.3) is 0 Å². The third-order valence-electron chi connectivity index (χ3n) is 2.57. The van der Waals surface area contributed by atoms with Gasteiger partial charge in [-0.25, -0.2) is 0 Å². The zero-order valence-corrected chi connectivity index (χ0v) is 11.5. The number of halogens is 3. The van der Waals surface area contributed by atoms with Gasteiger partial charge in [-0.2, -0.15) is 0 Å². The van der Waals surface area contributed by atoms with Gasteiger partial charge in [-0.1, -0.05) is 19.1 Å². The van der Waals surface area contributed by atoms with Gasteiger partial charge in [0, 0.05) is 11.1 Å². The Hall–Kier alpha value is -1.60. The highest BCUT2D eigenvalue weighted by molar-refractivity contribution is 7.09. The predicted octanol–water partition coefficient (Wildman–Crippen LogP) is 3.74. The minimum Gasteiger partial charge on any atom is -0.406 e. The van der Waals surface area contributed by atoms with Gasteiger partial charge in [-0.15, -0.1) is 24.5 Å². The number of alkyl halides is 3. The highest BCUT2D eigenvalue weighted by atomic mass is 32.1. The average Bonchev–Trinajstić information content (AvgIpc) is 2.87. The summed E-state index contributed by atoms with van der Waals surface area (Å²) in [5.41, 5.74) is 2.40. The number of benzene rings is 1. The molecule has 20 heavy (non-hydrogen) atoms. The zero-order chi connectivity index (χ0) is 14.6. The Bertz CT molecular complexity index is 543. The van der Waals surface area contributed by atoms with E-state index in [1.54, 1.807) is 23.8 Å². The van der Waals surface area contributed by atoms with Crippen molar-refractivity contribution in [1.82, 2.24) is 10.3 Å². The third kappa shape index (κ3) is 3.94. The van der Waals surface area contributed by atoms with Gasteiger partial charge in [0.05, 0.1) is 11.6 Å². The van der Waals surface area contributed by atoms with E-state index in [-0.39, 0.29) is 11.8 Å². The molecule has 0 amide bonds. The van der Waals surface area contributed by atoms with Gasteiger partial charge in [-0.3, -0.25) is 4.98 Å². The van der Waals surface area contributed by atoms with E-state index in [1.807, 2.05) is 6.92 Å². The largest absolute Gasteiger partial charge is 0.573 e. The molecule has 0 aliphatic heterocycles. The van der Waals surface area contributed by atoms with Crippen LogP contribution < -0.4 is 10.1 Å². The van der Waals surface area contributed by atoms with Crippen LogP contribution in [-0.4, -0.2) is 17.9 Å². The van der Waals surface area contributed by atoms with Crippen LogP contribution in [0.4, 0.5) is 13.2 Å². The summed E-state index contributed by atoms with van der Waals surface area (Å²) >= 11 is 1.45. The molecule has 2 rings (SSSR count). The first-order valence-electron chi connectivity index (χ1n) is 5.97. The predicted molar refractivity (Wildman–Crippen MR) is 70.8 cm³/mol. The van der Waals surface area contributed by atoms with E-state index in [4.69, 9.17) is 0 Å². The fourth-order valence-corrected chi connectivity index (χ4v) is 2.57. The summed E-state index contributed by atoms with van der Waals surface area (Å²) in [5, 5.41) is 3.22. The minimum absolute atomic E-state index is 0.190. The molecule has 1 atom stereocenters. The van der Waals surface area contributed by atoms with Crippen molar-refractivity contribution < 1.29 is 17.9 Å². The normalized spacial score (nSPS) is 13.2.